The fourth-order valence-electron chi connectivity index (χ4n) is 2.95. The van der Waals surface area contributed by atoms with Gasteiger partial charge in [-0.25, -0.2) is 0 Å². The van der Waals surface area contributed by atoms with Gasteiger partial charge in [0.25, 0.3) is 0 Å². The molecule has 0 aromatic carbocycles. The first kappa shape index (κ1) is 12.4. The number of hydrogen-bond donors (Lipinski definition) is 1. The third-order valence-electron chi connectivity index (χ3n) is 3.86. The normalized spacial score (nSPS) is 28.5. The lowest BCUT2D eigenvalue weighted by Gasteiger charge is -2.44. The average Bonchev–Trinajstić information content (AvgIpc) is 2.37. The maximum Gasteiger partial charge on any atom is 0.0695 e. The Kier molecular flexibility index (Phi) is 3.30. The van der Waals surface area contributed by atoms with Crippen LogP contribution in [-0.2, 0) is 4.74 Å². The van der Waals surface area contributed by atoms with Gasteiger partial charge < -0.3 is 14.7 Å². The van der Waals surface area contributed by atoms with Crippen LogP contribution in [0, 0.1) is 0 Å². The van der Waals surface area contributed by atoms with Crippen molar-refractivity contribution in [3.05, 3.63) is 22.4 Å². The van der Waals surface area contributed by atoms with Crippen LogP contribution >= 0.6 is 15.9 Å². The van der Waals surface area contributed by atoms with Crippen LogP contribution in [0.2, 0.25) is 0 Å². The van der Waals surface area contributed by atoms with Crippen molar-refractivity contribution < 1.29 is 9.84 Å². The van der Waals surface area contributed by atoms with E-state index in [1.165, 1.54) is 0 Å². The molecule has 1 fully saturated rings. The molecule has 2 aliphatic rings. The van der Waals surface area contributed by atoms with E-state index in [0.29, 0.717) is 6.04 Å². The van der Waals surface area contributed by atoms with E-state index in [9.17, 15) is 5.11 Å². The largest absolute Gasteiger partial charge is 0.393 e. The molecular weight excluding hydrogens is 296 g/mol. The maximum absolute atomic E-state index is 9.97. The van der Waals surface area contributed by atoms with Gasteiger partial charge in [0, 0.05) is 23.1 Å². The molecule has 5 heteroatoms. The summed E-state index contributed by atoms with van der Waals surface area (Å²) in [5.41, 5.74) is 2.17. The van der Waals surface area contributed by atoms with Gasteiger partial charge in [0.15, 0.2) is 0 Å². The van der Waals surface area contributed by atoms with Crippen LogP contribution in [0.5, 0.6) is 0 Å². The highest BCUT2D eigenvalue weighted by Crippen LogP contribution is 2.40. The molecule has 0 saturated carbocycles. The van der Waals surface area contributed by atoms with Gasteiger partial charge in [-0.3, -0.25) is 4.98 Å². The van der Waals surface area contributed by atoms with Crippen LogP contribution in [0.1, 0.15) is 25.0 Å². The predicted octanol–water partition coefficient (Wildman–Crippen LogP) is 1.92. The Balaban J connectivity index is 2.05. The van der Waals surface area contributed by atoms with Gasteiger partial charge in [-0.1, -0.05) is 0 Å². The third-order valence-corrected chi connectivity index (χ3v) is 4.29. The molecule has 0 radical (unpaired) electrons. The summed E-state index contributed by atoms with van der Waals surface area (Å²) < 4.78 is 6.54. The zero-order chi connectivity index (χ0) is 12.7. The van der Waals surface area contributed by atoms with Gasteiger partial charge in [0.2, 0.25) is 0 Å². The minimum absolute atomic E-state index is 0.107. The van der Waals surface area contributed by atoms with Crippen molar-refractivity contribution in [2.45, 2.75) is 31.4 Å². The third kappa shape index (κ3) is 2.04. The van der Waals surface area contributed by atoms with Gasteiger partial charge in [-0.15, -0.1) is 0 Å². The van der Waals surface area contributed by atoms with Gasteiger partial charge in [0.05, 0.1) is 36.7 Å². The summed E-state index contributed by atoms with van der Waals surface area (Å²) in [4.78, 5) is 6.89. The molecule has 2 aliphatic heterocycles. The number of pyridine rings is 1. The number of aromatic nitrogens is 1. The first-order valence-corrected chi connectivity index (χ1v) is 7.14. The number of halogens is 1. The van der Waals surface area contributed by atoms with Crippen LogP contribution in [0.4, 0.5) is 5.69 Å². The van der Waals surface area contributed by atoms with Gasteiger partial charge >= 0.3 is 0 Å². The van der Waals surface area contributed by atoms with E-state index in [-0.39, 0.29) is 12.0 Å². The molecule has 3 rings (SSSR count). The highest BCUT2D eigenvalue weighted by Gasteiger charge is 2.37. The van der Waals surface area contributed by atoms with E-state index < -0.39 is 0 Å². The Morgan fingerprint density at radius 2 is 2.44 bits per heavy atom. The molecule has 3 unspecified atom stereocenters. The second kappa shape index (κ2) is 4.79. The minimum Gasteiger partial charge on any atom is -0.393 e. The summed E-state index contributed by atoms with van der Waals surface area (Å²) in [6.45, 7) is 4.26. The molecule has 1 aromatic heterocycles. The van der Waals surface area contributed by atoms with Crippen LogP contribution in [0.25, 0.3) is 0 Å². The molecule has 1 N–H and O–H groups in total. The molecular formula is C13H17BrN2O2. The smallest absolute Gasteiger partial charge is 0.0695 e. The number of ether oxygens (including phenoxy) is 1. The van der Waals surface area contributed by atoms with E-state index in [0.717, 1.165) is 42.0 Å². The molecule has 98 valence electrons. The fourth-order valence-corrected chi connectivity index (χ4v) is 3.27. The van der Waals surface area contributed by atoms with E-state index in [1.807, 2.05) is 13.1 Å². The Hall–Kier alpha value is -0.650. The number of fused-ring (bicyclic) bond motifs is 3. The minimum atomic E-state index is -0.374. The zero-order valence-corrected chi connectivity index (χ0v) is 11.9. The monoisotopic (exact) mass is 312 g/mol. The maximum atomic E-state index is 9.97. The van der Waals surface area contributed by atoms with Crippen LogP contribution < -0.4 is 4.90 Å². The van der Waals surface area contributed by atoms with Crippen molar-refractivity contribution in [3.8, 4) is 0 Å². The Bertz CT molecular complexity index is 453. The second-order valence-corrected chi connectivity index (χ2v) is 5.98. The SMILES string of the molecule is CC(O)C1CC2COCCN2c2cc(Br)cnc21. The first-order chi connectivity index (χ1) is 8.66. The lowest BCUT2D eigenvalue weighted by molar-refractivity contribution is 0.0733. The molecule has 18 heavy (non-hydrogen) atoms. The highest BCUT2D eigenvalue weighted by molar-refractivity contribution is 9.10. The summed E-state index contributed by atoms with van der Waals surface area (Å²) in [6.07, 6.45) is 2.36. The fraction of sp³-hybridized carbons (Fsp3) is 0.615. The Morgan fingerprint density at radius 1 is 1.61 bits per heavy atom. The van der Waals surface area contributed by atoms with Crippen molar-refractivity contribution in [2.75, 3.05) is 24.7 Å². The lowest BCUT2D eigenvalue weighted by Crippen LogP contribution is -2.50. The number of rotatable bonds is 1. The molecule has 3 atom stereocenters. The number of aliphatic hydroxyl groups is 1. The average molecular weight is 313 g/mol. The molecule has 1 aromatic rings. The van der Waals surface area contributed by atoms with E-state index >= 15 is 0 Å². The van der Waals surface area contributed by atoms with Crippen molar-refractivity contribution in [1.82, 2.24) is 4.98 Å². The summed E-state index contributed by atoms with van der Waals surface area (Å²) in [7, 11) is 0. The number of morpholine rings is 1. The summed E-state index contributed by atoms with van der Waals surface area (Å²) in [5.74, 6) is 0.107. The van der Waals surface area contributed by atoms with Crippen LogP contribution in [0.15, 0.2) is 16.7 Å². The van der Waals surface area contributed by atoms with Crippen molar-refractivity contribution in [1.29, 1.82) is 0 Å². The standard InChI is InChI=1S/C13H17BrN2O2/c1-8(17)11-5-10-7-18-3-2-16(10)12-4-9(14)6-15-13(11)12/h4,6,8,10-11,17H,2-3,5,7H2,1H3. The molecule has 0 aliphatic carbocycles. The lowest BCUT2D eigenvalue weighted by atomic mass is 9.85. The number of aliphatic hydroxyl groups excluding tert-OH is 1. The number of anilines is 1. The summed E-state index contributed by atoms with van der Waals surface area (Å²) in [5, 5.41) is 9.97. The molecule has 0 spiro atoms. The first-order valence-electron chi connectivity index (χ1n) is 6.34. The Labute approximate surface area is 115 Å². The van der Waals surface area contributed by atoms with E-state index in [4.69, 9.17) is 4.74 Å². The molecule has 0 bridgehead atoms. The molecule has 3 heterocycles. The summed E-state index contributed by atoms with van der Waals surface area (Å²) >= 11 is 3.48. The number of hydrogen-bond acceptors (Lipinski definition) is 4. The topological polar surface area (TPSA) is 45.6 Å². The quantitative estimate of drug-likeness (QED) is 0.860. The molecule has 1 saturated heterocycles. The van der Waals surface area contributed by atoms with Crippen molar-refractivity contribution in [2.24, 2.45) is 0 Å². The Morgan fingerprint density at radius 3 is 3.22 bits per heavy atom. The molecule has 0 amide bonds. The van der Waals surface area contributed by atoms with Gasteiger partial charge in [-0.05, 0) is 35.3 Å². The van der Waals surface area contributed by atoms with Gasteiger partial charge in [0.1, 0.15) is 0 Å². The van der Waals surface area contributed by atoms with Crippen LogP contribution in [-0.4, -0.2) is 42.0 Å². The van der Waals surface area contributed by atoms with Gasteiger partial charge in [-0.2, -0.15) is 0 Å². The highest BCUT2D eigenvalue weighted by atomic mass is 79.9. The predicted molar refractivity (Wildman–Crippen MR) is 72.9 cm³/mol. The second-order valence-electron chi connectivity index (χ2n) is 5.06. The zero-order valence-electron chi connectivity index (χ0n) is 10.3. The number of nitrogens with zero attached hydrogens (tertiary/aromatic N) is 2. The van der Waals surface area contributed by atoms with E-state index in [1.54, 1.807) is 0 Å². The van der Waals surface area contributed by atoms with Crippen molar-refractivity contribution in [3.63, 3.8) is 0 Å². The molecule has 4 nitrogen and oxygen atoms in total. The summed E-state index contributed by atoms with van der Waals surface area (Å²) in [6, 6.07) is 2.47. The van der Waals surface area contributed by atoms with Crippen molar-refractivity contribution >= 4 is 21.6 Å². The van der Waals surface area contributed by atoms with E-state index in [2.05, 4.69) is 31.9 Å². The van der Waals surface area contributed by atoms with Crippen LogP contribution in [0.3, 0.4) is 0 Å².